The van der Waals surface area contributed by atoms with Crippen molar-refractivity contribution in [3.05, 3.63) is 179 Å². The molecule has 6 aromatic carbocycles. The Morgan fingerprint density at radius 2 is 0.481 bits per heavy atom. The van der Waals surface area contributed by atoms with E-state index in [-0.39, 0.29) is 158 Å². The Kier molecular flexibility index (Phi) is 14.5. The van der Waals surface area contributed by atoms with Gasteiger partial charge in [0.1, 0.15) is 34.5 Å². The van der Waals surface area contributed by atoms with Crippen molar-refractivity contribution in [1.29, 1.82) is 12.9 Å². The van der Waals surface area contributed by atoms with Crippen LogP contribution in [0.15, 0.2) is 146 Å². The van der Waals surface area contributed by atoms with E-state index in [1.165, 1.54) is 165 Å². The van der Waals surface area contributed by atoms with Gasteiger partial charge in [0.2, 0.25) is 8.59 Å². The number of benzene rings is 6. The summed E-state index contributed by atoms with van der Waals surface area (Å²) in [7, 11) is 7.86. The summed E-state index contributed by atoms with van der Waals surface area (Å²) in [4.78, 5) is 2.37. The Morgan fingerprint density at radius 1 is 0.296 bits per heavy atom. The van der Waals surface area contributed by atoms with Crippen molar-refractivity contribution in [2.45, 2.75) is 187 Å². The molecule has 12 atom stereocenters. The third kappa shape index (κ3) is 24.8. The first kappa shape index (κ1) is 38.0. The third-order valence-corrected chi connectivity index (χ3v) is 17.7. The van der Waals surface area contributed by atoms with Gasteiger partial charge in [0.15, 0.2) is 0 Å². The molecule has 0 saturated heterocycles. The first-order chi connectivity index (χ1) is 74.6. The van der Waals surface area contributed by atoms with Gasteiger partial charge in [-0.15, -0.1) is 0 Å². The number of rotatable bonds is 27. The molecule has 6 fully saturated rings. The fourth-order valence-electron chi connectivity index (χ4n) is 12.9. The molecule has 600 valence electrons. The van der Waals surface area contributed by atoms with Gasteiger partial charge >= 0.3 is 0 Å². The minimum absolute atomic E-state index is 0.0117. The van der Waals surface area contributed by atoms with Gasteiger partial charge in [0.05, 0.1) is 33.6 Å². The molecule has 0 aliphatic heterocycles. The van der Waals surface area contributed by atoms with Crippen molar-refractivity contribution in [3.63, 3.8) is 0 Å². The highest BCUT2D eigenvalue weighted by Gasteiger charge is 2.46. The summed E-state index contributed by atoms with van der Waals surface area (Å²) in [6.07, 6.45) is -15.8. The maximum Gasteiger partial charge on any atom is 0.293 e. The predicted molar refractivity (Wildman–Crippen MR) is 435 cm³/mol. The molecule has 0 radical (unpaired) electrons. The highest BCUT2D eigenvalue weighted by molar-refractivity contribution is 5.37. The van der Waals surface area contributed by atoms with Crippen molar-refractivity contribution in [1.82, 2.24) is 29.4 Å². The second-order valence-electron chi connectivity index (χ2n) is 26.6. The summed E-state index contributed by atoms with van der Waals surface area (Å²) in [6.45, 7) is -37.2. The minimum atomic E-state index is -3.52. The average molecular weight is 1550 g/mol. The van der Waals surface area contributed by atoms with E-state index in [9.17, 15) is 15.3 Å². The van der Waals surface area contributed by atoms with Crippen LogP contribution in [0.5, 0.6) is 34.5 Å². The summed E-state index contributed by atoms with van der Waals surface area (Å²) in [5.41, 5.74) is -15.4. The Bertz CT molecular complexity index is 6030. The number of aromatic hydroxyl groups is 6. The molecular weight excluding hydrogens is 1360 g/mol. The number of phenols is 6. The van der Waals surface area contributed by atoms with E-state index >= 15 is 0 Å². The number of aliphatic hydroxyl groups is 6. The molecule has 12 N–H and O–H groups in total. The second-order valence-corrected chi connectivity index (χ2v) is 26.6. The van der Waals surface area contributed by atoms with Crippen LogP contribution in [0.1, 0.15) is 253 Å². The van der Waals surface area contributed by atoms with Crippen LogP contribution in [0.4, 0.5) is 0 Å². The van der Waals surface area contributed by atoms with E-state index in [1.54, 1.807) is 0 Å². The fourth-order valence-corrected chi connectivity index (χ4v) is 12.9. The van der Waals surface area contributed by atoms with Crippen LogP contribution >= 0.6 is 0 Å². The van der Waals surface area contributed by atoms with Crippen molar-refractivity contribution in [2.24, 2.45) is 35.4 Å². The van der Waals surface area contributed by atoms with Crippen LogP contribution in [0.2, 0.25) is 0 Å². The van der Waals surface area contributed by atoms with E-state index in [0.717, 1.165) is 32.3 Å². The highest BCUT2D eigenvalue weighted by atomic mass is 16.3. The Labute approximate surface area is 728 Å². The summed E-state index contributed by atoms with van der Waals surface area (Å²) >= 11 is 0. The molecule has 6 saturated carbocycles. The molecule has 0 unspecified atom stereocenters. The van der Waals surface area contributed by atoms with E-state index in [4.69, 9.17) is 109 Å². The van der Waals surface area contributed by atoms with Crippen molar-refractivity contribution in [3.8, 4) is 34.5 Å². The quantitative estimate of drug-likeness (QED) is 0.0229. The third-order valence-electron chi connectivity index (χ3n) is 17.7. The SMILES string of the molecule is [2H]O[C@@]1(c2cccc(O)c2)C([2H])([2H])CCC[C@@]1([2H])C([2H])([2H])N(C([2H])([2H])[2H])C([2H])([2H])[2H].[2H]O[C@@]1(c2cccc(O)c2)C([2H])([2H])CCC[C@@]1([2H])C([2H])([2H])N(C)C.[2H]O[C@@]1(c2cccc(O)c2)C([2H])([2H])CCC[C@@]1([2H])C([2H])([2H])N(C)C([2H])([2H])[2H].[2H]Oc1cccc([C@]2(O[2H])C([2H])([2H])CCC[C@@]2([2H])C([2H])([2H])N(C([2H])([2H])[2H])C([2H])([2H])[2H])c1.[2H]Oc1cccc([C@]2(O[2H])C([2H])([2H])CCC[C@@]2([2H])C([2H])([2H])N(C)C([2H])([2H])[2H])c1.[2H]Oc1cccc([C@]2(O[2H])C([2H])([2H])CCC[C@@]2([2H])C([2H])([2H])N(C)C)c1. The zero-order valence-electron chi connectivity index (χ0n) is 118. The first-order valence-corrected chi connectivity index (χ1v) is 35.0. The Morgan fingerprint density at radius 3 is 0.667 bits per heavy atom. The highest BCUT2D eigenvalue weighted by Crippen LogP contribution is 2.49. The predicted octanol–water partition coefficient (Wildman–Crippen LogP) is 14.0. The number of hydrogen-bond donors (Lipinski definition) is 12. The summed E-state index contributed by atoms with van der Waals surface area (Å²) in [6, 6.07) is 31.6. The zero-order valence-corrected chi connectivity index (χ0v) is 61.3. The molecule has 0 aromatic heterocycles. The van der Waals surface area contributed by atoms with Gasteiger partial charge < -0.3 is 90.7 Å². The molecule has 6 aliphatic carbocycles. The van der Waals surface area contributed by atoms with E-state index < -0.39 is 211 Å². The molecular formula is C90H138N6O12. The van der Waals surface area contributed by atoms with Crippen molar-refractivity contribution in [2.75, 3.05) is 123 Å². The standard InChI is InChI=1S/6C15H23NO2/c6*1-16(2)11-13-6-3-4-9-15(13,18)12-7-5-8-14(17)10-12/h6*5,7-8,10,13,17-18H,3-4,6,9,11H2,1-2H3/t6*13-,15+/m000000/s1/i2*1D3,2D3,9D2,11D2,13D,18D;2*1D3,9D2,11D2,13D,18D;2*9D2,11D2,13D,18D/hD3. The molecule has 12 rings (SSSR count). The maximum atomic E-state index is 9.88. The van der Waals surface area contributed by atoms with Crippen LogP contribution in [0.3, 0.4) is 0 Å². The van der Waals surface area contributed by atoms with Crippen molar-refractivity contribution < 1.29 is 127 Å². The van der Waals surface area contributed by atoms with E-state index in [1.807, 2.05) is 0 Å². The van der Waals surface area contributed by atoms with Crippen LogP contribution < -0.4 is 0 Å². The van der Waals surface area contributed by atoms with E-state index in [2.05, 4.69) is 15.3 Å². The number of phenolic OH excluding ortho intramolecular Hbond substituents is 6. The normalized spacial score (nSPS) is 44.5. The number of hydrogen-bond acceptors (Lipinski definition) is 18. The molecule has 0 spiro atoms. The molecule has 6 aromatic rings. The molecule has 0 amide bonds. The molecule has 0 heterocycles. The van der Waals surface area contributed by atoms with Gasteiger partial charge in [0.25, 0.3) is 4.29 Å². The molecule has 0 bridgehead atoms. The van der Waals surface area contributed by atoms with Crippen LogP contribution in [0.25, 0.3) is 0 Å². The topological polar surface area (TPSA) is 262 Å². The first-order valence-electron chi connectivity index (χ1n) is 62.7. The van der Waals surface area contributed by atoms with Gasteiger partial charge in [-0.05, 0) is 267 Å². The van der Waals surface area contributed by atoms with Crippen LogP contribution in [0, 0.1) is 35.4 Å². The average Bonchev–Trinajstić information content (AvgIpc) is 0.370. The van der Waals surface area contributed by atoms with Crippen LogP contribution in [-0.2, 0) is 33.6 Å². The molecule has 108 heavy (non-hydrogen) atoms. The molecule has 6 aliphatic rings. The lowest BCUT2D eigenvalue weighted by Gasteiger charge is -2.41. The van der Waals surface area contributed by atoms with Crippen molar-refractivity contribution >= 4 is 0 Å². The minimum Gasteiger partial charge on any atom is -0.508 e. The van der Waals surface area contributed by atoms with Gasteiger partial charge in [-0.25, -0.2) is 0 Å². The molecule has 18 heteroatoms. The lowest BCUT2D eigenvalue weighted by Crippen LogP contribution is -2.43. The van der Waals surface area contributed by atoms with Crippen LogP contribution in [-0.4, -0.2) is 227 Å². The fraction of sp³-hybridized carbons (Fsp3) is 0.600. The summed E-state index contributed by atoms with van der Waals surface area (Å²) in [5, 5.41) is 71.8. The Hall–Kier alpha value is -6.36. The van der Waals surface area contributed by atoms with Gasteiger partial charge in [-0.1, -0.05) is 150 Å². The number of nitrogens with zero attached hydrogens (tertiary/aromatic N) is 6. The summed E-state index contributed by atoms with van der Waals surface area (Å²) < 4.78 is 462. The lowest BCUT2D eigenvalue weighted by molar-refractivity contribution is -0.0621. The van der Waals surface area contributed by atoms with Gasteiger partial charge in [0, 0.05) is 140 Å². The second kappa shape index (κ2) is 41.2. The van der Waals surface area contributed by atoms with Gasteiger partial charge in [-0.3, -0.25) is 0 Å². The maximum absolute atomic E-state index is 9.88. The lowest BCUT2D eigenvalue weighted by atomic mass is 9.71. The Balaban J connectivity index is 0.000000266. The smallest absolute Gasteiger partial charge is 0.293 e. The largest absolute Gasteiger partial charge is 0.508 e. The molecule has 18 nitrogen and oxygen atoms in total. The summed E-state index contributed by atoms with van der Waals surface area (Å²) in [5.74, 6) is -15.9. The van der Waals surface area contributed by atoms with E-state index in [0.29, 0.717) is 22.6 Å². The monoisotopic (exact) mass is 1550 g/mol. The van der Waals surface area contributed by atoms with Gasteiger partial charge in [-0.2, -0.15) is 0 Å². The zero-order chi connectivity index (χ0) is 127.